The van der Waals surface area contributed by atoms with Crippen LogP contribution in [0.15, 0.2) is 0 Å². The lowest BCUT2D eigenvalue weighted by Gasteiger charge is -2.24. The minimum absolute atomic E-state index is 0.397. The normalized spacial score (nSPS) is 18.8. The molecule has 1 aliphatic rings. The van der Waals surface area contributed by atoms with Crippen molar-refractivity contribution in [2.45, 2.75) is 70.9 Å². The van der Waals surface area contributed by atoms with Crippen LogP contribution in [0.4, 0.5) is 0 Å². The number of carbonyl (C=O) groups excluding carboxylic acids is 1. The second-order valence-corrected chi connectivity index (χ2v) is 6.69. The predicted octanol–water partition coefficient (Wildman–Crippen LogP) is 1.87. The highest BCUT2D eigenvalue weighted by Crippen LogP contribution is 2.27. The number of hydrogen-bond donors (Lipinski definition) is 2. The molecule has 1 unspecified atom stereocenters. The van der Waals surface area contributed by atoms with Crippen LogP contribution in [0, 0.1) is 5.92 Å². The van der Waals surface area contributed by atoms with Crippen LogP contribution in [0.2, 0.25) is 0 Å². The molecule has 1 fully saturated rings. The zero-order valence-electron chi connectivity index (χ0n) is 12.8. The summed E-state index contributed by atoms with van der Waals surface area (Å²) in [6.45, 7) is 8.62. The van der Waals surface area contributed by atoms with Gasteiger partial charge in [-0.25, -0.2) is 0 Å². The van der Waals surface area contributed by atoms with Gasteiger partial charge in [-0.15, -0.1) is 0 Å². The average molecular weight is 269 g/mol. The van der Waals surface area contributed by atoms with Crippen LogP contribution in [0.1, 0.15) is 59.3 Å². The smallest absolute Gasteiger partial charge is 0.237 e. The third-order valence-electron chi connectivity index (χ3n) is 4.01. The van der Waals surface area contributed by atoms with Gasteiger partial charge in [-0.05, 0) is 64.5 Å². The van der Waals surface area contributed by atoms with Gasteiger partial charge in [0, 0.05) is 6.04 Å². The summed E-state index contributed by atoms with van der Waals surface area (Å²) in [6, 6.07) is 0.819. The van der Waals surface area contributed by atoms with Gasteiger partial charge >= 0.3 is 0 Å². The first-order valence-corrected chi connectivity index (χ1v) is 7.66. The molecule has 0 heterocycles. The molecule has 0 saturated heterocycles. The lowest BCUT2D eigenvalue weighted by molar-refractivity contribution is -0.122. The third-order valence-corrected chi connectivity index (χ3v) is 4.01. The Labute approximate surface area is 117 Å². The Balaban J connectivity index is 2.20. The fraction of sp³-hybridized carbons (Fsp3) is 0.933. The first-order valence-electron chi connectivity index (χ1n) is 7.66. The highest BCUT2D eigenvalue weighted by molar-refractivity contribution is 5.83. The lowest BCUT2D eigenvalue weighted by Crippen LogP contribution is -2.49. The summed E-state index contributed by atoms with van der Waals surface area (Å²) in [6.07, 6.45) is 6.74. The van der Waals surface area contributed by atoms with Crippen LogP contribution in [0.5, 0.6) is 0 Å². The number of primary amides is 1. The van der Waals surface area contributed by atoms with Crippen molar-refractivity contribution in [2.24, 2.45) is 17.4 Å². The van der Waals surface area contributed by atoms with E-state index in [4.69, 9.17) is 11.5 Å². The Morgan fingerprint density at radius 3 is 2.42 bits per heavy atom. The Bertz CT molecular complexity index is 285. The Kier molecular flexibility index (Phi) is 6.27. The second-order valence-electron chi connectivity index (χ2n) is 6.69. The van der Waals surface area contributed by atoms with Crippen LogP contribution in [-0.2, 0) is 4.79 Å². The van der Waals surface area contributed by atoms with E-state index in [1.165, 1.54) is 25.8 Å². The molecule has 0 aromatic rings. The van der Waals surface area contributed by atoms with Gasteiger partial charge in [0.25, 0.3) is 0 Å². The van der Waals surface area contributed by atoms with E-state index >= 15 is 0 Å². The van der Waals surface area contributed by atoms with E-state index in [0.717, 1.165) is 31.3 Å². The van der Waals surface area contributed by atoms with E-state index < -0.39 is 11.4 Å². The molecule has 4 nitrogen and oxygen atoms in total. The SMILES string of the molecule is CC(C)CCN(CCCCC(C)(N)C(N)=O)C1CC1. The van der Waals surface area contributed by atoms with Crippen molar-refractivity contribution < 1.29 is 4.79 Å². The minimum atomic E-state index is -0.845. The minimum Gasteiger partial charge on any atom is -0.368 e. The molecule has 19 heavy (non-hydrogen) atoms. The third kappa shape index (κ3) is 6.39. The van der Waals surface area contributed by atoms with E-state index in [1.807, 2.05) is 0 Å². The van der Waals surface area contributed by atoms with Gasteiger partial charge in [0.1, 0.15) is 0 Å². The standard InChI is InChI=1S/C15H31N3O/c1-12(2)8-11-18(13-6-7-13)10-5-4-9-15(3,17)14(16)19/h12-13H,4-11,17H2,1-3H3,(H2,16,19). The maximum Gasteiger partial charge on any atom is 0.237 e. The Morgan fingerprint density at radius 1 is 1.32 bits per heavy atom. The molecule has 1 aliphatic carbocycles. The average Bonchev–Trinajstić information content (AvgIpc) is 3.11. The molecular formula is C15H31N3O. The topological polar surface area (TPSA) is 72.3 Å². The summed E-state index contributed by atoms with van der Waals surface area (Å²) in [5, 5.41) is 0. The number of rotatable bonds is 10. The molecule has 1 saturated carbocycles. The Morgan fingerprint density at radius 2 is 1.95 bits per heavy atom. The van der Waals surface area contributed by atoms with Gasteiger partial charge in [-0.2, -0.15) is 0 Å². The van der Waals surface area contributed by atoms with Gasteiger partial charge in [0.2, 0.25) is 5.91 Å². The van der Waals surface area contributed by atoms with E-state index in [1.54, 1.807) is 6.92 Å². The quantitative estimate of drug-likeness (QED) is 0.595. The number of nitrogens with two attached hydrogens (primary N) is 2. The van der Waals surface area contributed by atoms with Crippen LogP contribution >= 0.6 is 0 Å². The number of carbonyl (C=O) groups is 1. The molecule has 0 aromatic heterocycles. The molecule has 1 rings (SSSR count). The summed E-state index contributed by atoms with van der Waals surface area (Å²) in [7, 11) is 0. The van der Waals surface area contributed by atoms with Crippen molar-refractivity contribution in [3.05, 3.63) is 0 Å². The monoisotopic (exact) mass is 269 g/mol. The predicted molar refractivity (Wildman–Crippen MR) is 79.7 cm³/mol. The fourth-order valence-electron chi connectivity index (χ4n) is 2.27. The second kappa shape index (κ2) is 7.25. The van der Waals surface area contributed by atoms with Gasteiger partial charge in [0.15, 0.2) is 0 Å². The van der Waals surface area contributed by atoms with E-state index in [-0.39, 0.29) is 0 Å². The summed E-state index contributed by atoms with van der Waals surface area (Å²) in [4.78, 5) is 13.7. The molecule has 112 valence electrons. The zero-order valence-corrected chi connectivity index (χ0v) is 12.8. The Hall–Kier alpha value is -0.610. The number of unbranched alkanes of at least 4 members (excludes halogenated alkanes) is 1. The maximum atomic E-state index is 11.1. The highest BCUT2D eigenvalue weighted by atomic mass is 16.1. The van der Waals surface area contributed by atoms with Crippen molar-refractivity contribution in [1.29, 1.82) is 0 Å². The molecule has 0 spiro atoms. The summed E-state index contributed by atoms with van der Waals surface area (Å²) >= 11 is 0. The van der Waals surface area contributed by atoms with Crippen LogP contribution in [0.25, 0.3) is 0 Å². The highest BCUT2D eigenvalue weighted by Gasteiger charge is 2.29. The molecular weight excluding hydrogens is 238 g/mol. The summed E-state index contributed by atoms with van der Waals surface area (Å²) in [5.41, 5.74) is 10.3. The van der Waals surface area contributed by atoms with Crippen LogP contribution < -0.4 is 11.5 Å². The van der Waals surface area contributed by atoms with Gasteiger partial charge in [0.05, 0.1) is 5.54 Å². The largest absolute Gasteiger partial charge is 0.368 e. The molecule has 1 atom stereocenters. The van der Waals surface area contributed by atoms with Crippen LogP contribution in [0.3, 0.4) is 0 Å². The van der Waals surface area contributed by atoms with Crippen molar-refractivity contribution in [1.82, 2.24) is 4.90 Å². The first-order chi connectivity index (χ1) is 8.83. The maximum absolute atomic E-state index is 11.1. The van der Waals surface area contributed by atoms with E-state index in [9.17, 15) is 4.79 Å². The van der Waals surface area contributed by atoms with Crippen molar-refractivity contribution in [3.63, 3.8) is 0 Å². The van der Waals surface area contributed by atoms with Crippen molar-refractivity contribution >= 4 is 5.91 Å². The van der Waals surface area contributed by atoms with Gasteiger partial charge in [-0.3, -0.25) is 4.79 Å². The molecule has 0 aromatic carbocycles. The van der Waals surface area contributed by atoms with Crippen molar-refractivity contribution in [3.8, 4) is 0 Å². The lowest BCUT2D eigenvalue weighted by atomic mass is 9.95. The molecule has 0 aliphatic heterocycles. The number of hydrogen-bond acceptors (Lipinski definition) is 3. The fourth-order valence-corrected chi connectivity index (χ4v) is 2.27. The van der Waals surface area contributed by atoms with E-state index in [2.05, 4.69) is 18.7 Å². The molecule has 4 N–H and O–H groups in total. The van der Waals surface area contributed by atoms with Crippen molar-refractivity contribution in [2.75, 3.05) is 13.1 Å². The number of nitrogens with zero attached hydrogens (tertiary/aromatic N) is 1. The number of amides is 1. The summed E-state index contributed by atoms with van der Waals surface area (Å²) in [5.74, 6) is 0.370. The van der Waals surface area contributed by atoms with Gasteiger partial charge < -0.3 is 16.4 Å². The first kappa shape index (κ1) is 16.4. The molecule has 1 amide bonds. The molecule has 0 bridgehead atoms. The zero-order chi connectivity index (χ0) is 14.5. The molecule has 4 heteroatoms. The van der Waals surface area contributed by atoms with Crippen LogP contribution in [-0.4, -0.2) is 35.5 Å². The van der Waals surface area contributed by atoms with Gasteiger partial charge in [-0.1, -0.05) is 13.8 Å². The summed E-state index contributed by atoms with van der Waals surface area (Å²) < 4.78 is 0. The molecule has 0 radical (unpaired) electrons. The van der Waals surface area contributed by atoms with E-state index in [0.29, 0.717) is 6.42 Å².